The maximum absolute atomic E-state index is 12.5. The van der Waals surface area contributed by atoms with Gasteiger partial charge in [-0.3, -0.25) is 9.69 Å². The first-order chi connectivity index (χ1) is 16.0. The number of benzene rings is 2. The molecule has 33 heavy (non-hydrogen) atoms. The van der Waals surface area contributed by atoms with Crippen LogP contribution in [0.1, 0.15) is 62.6 Å². The van der Waals surface area contributed by atoms with E-state index in [9.17, 15) is 4.79 Å². The van der Waals surface area contributed by atoms with Gasteiger partial charge >= 0.3 is 0 Å². The zero-order valence-electron chi connectivity index (χ0n) is 20.5. The number of rotatable bonds is 9. The van der Waals surface area contributed by atoms with Gasteiger partial charge in [0.25, 0.3) is 0 Å². The van der Waals surface area contributed by atoms with E-state index in [4.69, 9.17) is 0 Å². The SMILES string of the molecule is Cc1ccccc1Cn1cc(CCC(=O)NCCCN2[C@@H](C)CCC[C@@H]2C)c2ccccc21. The molecule has 0 aliphatic carbocycles. The van der Waals surface area contributed by atoms with E-state index in [1.165, 1.54) is 46.9 Å². The van der Waals surface area contributed by atoms with Crippen molar-refractivity contribution in [2.45, 2.75) is 77.9 Å². The number of piperidine rings is 1. The van der Waals surface area contributed by atoms with Crippen molar-refractivity contribution in [3.8, 4) is 0 Å². The summed E-state index contributed by atoms with van der Waals surface area (Å²) in [4.78, 5) is 15.2. The Balaban J connectivity index is 1.31. The number of carbonyl (C=O) groups is 1. The van der Waals surface area contributed by atoms with E-state index in [0.29, 0.717) is 18.5 Å². The summed E-state index contributed by atoms with van der Waals surface area (Å²) in [5, 5.41) is 4.41. The highest BCUT2D eigenvalue weighted by Crippen LogP contribution is 2.25. The average Bonchev–Trinajstić information content (AvgIpc) is 3.16. The second-order valence-corrected chi connectivity index (χ2v) is 9.80. The highest BCUT2D eigenvalue weighted by atomic mass is 16.1. The molecule has 4 heteroatoms. The molecule has 0 bridgehead atoms. The molecular formula is C29H39N3O. The van der Waals surface area contributed by atoms with Crippen molar-refractivity contribution in [2.75, 3.05) is 13.1 Å². The molecule has 1 aromatic heterocycles. The quantitative estimate of drug-likeness (QED) is 0.429. The molecule has 2 atom stereocenters. The number of hydrogen-bond donors (Lipinski definition) is 1. The lowest BCUT2D eigenvalue weighted by atomic mass is 9.97. The summed E-state index contributed by atoms with van der Waals surface area (Å²) in [5.41, 5.74) is 5.13. The molecule has 0 saturated carbocycles. The van der Waals surface area contributed by atoms with Crippen LogP contribution in [0.4, 0.5) is 0 Å². The van der Waals surface area contributed by atoms with Gasteiger partial charge in [-0.25, -0.2) is 0 Å². The van der Waals surface area contributed by atoms with Crippen molar-refractivity contribution in [1.29, 1.82) is 0 Å². The third kappa shape index (κ3) is 5.86. The van der Waals surface area contributed by atoms with Crippen LogP contribution in [0.2, 0.25) is 0 Å². The summed E-state index contributed by atoms with van der Waals surface area (Å²) in [6.07, 6.45) is 8.51. The normalized spacial score (nSPS) is 19.1. The Morgan fingerprint density at radius 1 is 1.00 bits per heavy atom. The molecule has 1 amide bonds. The number of fused-ring (bicyclic) bond motifs is 1. The number of carbonyl (C=O) groups excluding carboxylic acids is 1. The summed E-state index contributed by atoms with van der Waals surface area (Å²) in [7, 11) is 0. The predicted molar refractivity (Wildman–Crippen MR) is 138 cm³/mol. The molecule has 1 saturated heterocycles. The number of amides is 1. The van der Waals surface area contributed by atoms with E-state index < -0.39 is 0 Å². The van der Waals surface area contributed by atoms with Gasteiger partial charge in [-0.05, 0) is 69.2 Å². The largest absolute Gasteiger partial charge is 0.356 e. The Kier molecular flexibility index (Phi) is 7.87. The summed E-state index contributed by atoms with van der Waals surface area (Å²) in [6, 6.07) is 18.4. The van der Waals surface area contributed by atoms with E-state index in [-0.39, 0.29) is 5.91 Å². The standard InChI is InChI=1S/C29H39N3O/c1-22-10-4-5-13-25(22)20-31-21-26(27-14-6-7-15-28(27)31)16-17-29(33)30-18-9-19-32-23(2)11-8-12-24(32)3/h4-7,10,13-15,21,23-24H,8-9,11-12,16-20H2,1-3H3,(H,30,33)/t23-,24-/m0/s1. The fourth-order valence-corrected chi connectivity index (χ4v) is 5.37. The number of hydrogen-bond acceptors (Lipinski definition) is 2. The van der Waals surface area contributed by atoms with Gasteiger partial charge in [-0.2, -0.15) is 0 Å². The maximum Gasteiger partial charge on any atom is 0.220 e. The molecule has 0 radical (unpaired) electrons. The van der Waals surface area contributed by atoms with Crippen molar-refractivity contribution in [3.63, 3.8) is 0 Å². The summed E-state index contributed by atoms with van der Waals surface area (Å²) in [6.45, 7) is 9.54. The van der Waals surface area contributed by atoms with Gasteiger partial charge in [0.2, 0.25) is 5.91 Å². The molecule has 1 fully saturated rings. The molecule has 2 aromatic carbocycles. The molecule has 1 aliphatic rings. The van der Waals surface area contributed by atoms with Gasteiger partial charge in [0.05, 0.1) is 0 Å². The summed E-state index contributed by atoms with van der Waals surface area (Å²) < 4.78 is 2.33. The molecule has 0 unspecified atom stereocenters. The number of likely N-dealkylation sites (tertiary alicyclic amines) is 1. The van der Waals surface area contributed by atoms with Crippen LogP contribution in [0.25, 0.3) is 10.9 Å². The van der Waals surface area contributed by atoms with E-state index in [1.807, 2.05) is 0 Å². The van der Waals surface area contributed by atoms with E-state index in [0.717, 1.165) is 32.5 Å². The number of para-hydroxylation sites is 1. The lowest BCUT2D eigenvalue weighted by molar-refractivity contribution is -0.121. The topological polar surface area (TPSA) is 37.3 Å². The minimum atomic E-state index is 0.158. The molecule has 4 rings (SSSR count). The van der Waals surface area contributed by atoms with Crippen LogP contribution in [0.3, 0.4) is 0 Å². The Hall–Kier alpha value is -2.59. The van der Waals surface area contributed by atoms with Gasteiger partial charge in [-0.1, -0.05) is 48.9 Å². The van der Waals surface area contributed by atoms with Crippen molar-refractivity contribution < 1.29 is 4.79 Å². The van der Waals surface area contributed by atoms with E-state index >= 15 is 0 Å². The highest BCUT2D eigenvalue weighted by molar-refractivity contribution is 5.85. The van der Waals surface area contributed by atoms with E-state index in [1.54, 1.807) is 0 Å². The fourth-order valence-electron chi connectivity index (χ4n) is 5.37. The second-order valence-electron chi connectivity index (χ2n) is 9.80. The van der Waals surface area contributed by atoms with Crippen LogP contribution in [0, 0.1) is 6.92 Å². The third-order valence-electron chi connectivity index (χ3n) is 7.39. The van der Waals surface area contributed by atoms with Gasteiger partial charge < -0.3 is 9.88 Å². The molecule has 2 heterocycles. The van der Waals surface area contributed by atoms with Crippen LogP contribution in [-0.4, -0.2) is 40.5 Å². The molecule has 4 nitrogen and oxygen atoms in total. The summed E-state index contributed by atoms with van der Waals surface area (Å²) in [5.74, 6) is 0.158. The van der Waals surface area contributed by atoms with Gasteiger partial charge in [0.1, 0.15) is 0 Å². The smallest absolute Gasteiger partial charge is 0.220 e. The lowest BCUT2D eigenvalue weighted by Crippen LogP contribution is -2.44. The number of aromatic nitrogens is 1. The maximum atomic E-state index is 12.5. The molecule has 1 aliphatic heterocycles. The van der Waals surface area contributed by atoms with Crippen molar-refractivity contribution in [1.82, 2.24) is 14.8 Å². The molecule has 3 aromatic rings. The average molecular weight is 446 g/mol. The van der Waals surface area contributed by atoms with Gasteiger partial charge in [0, 0.05) is 55.2 Å². The van der Waals surface area contributed by atoms with Crippen LogP contribution in [0.5, 0.6) is 0 Å². The zero-order chi connectivity index (χ0) is 23.2. The Morgan fingerprint density at radius 3 is 2.52 bits per heavy atom. The molecule has 0 spiro atoms. The Bertz CT molecular complexity index is 1060. The lowest BCUT2D eigenvalue weighted by Gasteiger charge is -2.39. The first kappa shape index (κ1) is 23.6. The van der Waals surface area contributed by atoms with Crippen molar-refractivity contribution in [3.05, 3.63) is 71.4 Å². The first-order valence-corrected chi connectivity index (χ1v) is 12.7. The Morgan fingerprint density at radius 2 is 1.73 bits per heavy atom. The highest BCUT2D eigenvalue weighted by Gasteiger charge is 2.23. The third-order valence-corrected chi connectivity index (χ3v) is 7.39. The van der Waals surface area contributed by atoms with Crippen LogP contribution in [-0.2, 0) is 17.8 Å². The van der Waals surface area contributed by atoms with Crippen LogP contribution in [0.15, 0.2) is 54.7 Å². The first-order valence-electron chi connectivity index (χ1n) is 12.7. The minimum absolute atomic E-state index is 0.158. The van der Waals surface area contributed by atoms with Crippen molar-refractivity contribution >= 4 is 16.8 Å². The van der Waals surface area contributed by atoms with Crippen LogP contribution < -0.4 is 5.32 Å². The Labute approximate surface area is 199 Å². The van der Waals surface area contributed by atoms with E-state index in [2.05, 4.69) is 90.3 Å². The molecule has 176 valence electrons. The van der Waals surface area contributed by atoms with Gasteiger partial charge in [0.15, 0.2) is 0 Å². The zero-order valence-corrected chi connectivity index (χ0v) is 20.5. The van der Waals surface area contributed by atoms with Crippen molar-refractivity contribution in [2.24, 2.45) is 0 Å². The molecule has 1 N–H and O–H groups in total. The van der Waals surface area contributed by atoms with Gasteiger partial charge in [-0.15, -0.1) is 0 Å². The predicted octanol–water partition coefficient (Wildman–Crippen LogP) is 5.70. The fraction of sp³-hybridized carbons (Fsp3) is 0.483. The second kappa shape index (κ2) is 11.0. The number of nitrogens with zero attached hydrogens (tertiary/aromatic N) is 2. The summed E-state index contributed by atoms with van der Waals surface area (Å²) >= 11 is 0. The monoisotopic (exact) mass is 445 g/mol. The minimum Gasteiger partial charge on any atom is -0.356 e. The molecular weight excluding hydrogens is 406 g/mol. The number of nitrogens with one attached hydrogen (secondary N) is 1. The number of aryl methyl sites for hydroxylation is 2. The van der Waals surface area contributed by atoms with Crippen LogP contribution >= 0.6 is 0 Å².